The number of amides is 2. The predicted octanol–water partition coefficient (Wildman–Crippen LogP) is 0.443. The zero-order valence-corrected chi connectivity index (χ0v) is 15.4. The number of nitrogens with one attached hydrogen (secondary N) is 2. The molecule has 6 N–H and O–H groups in total. The van der Waals surface area contributed by atoms with E-state index in [4.69, 9.17) is 20.7 Å². The fourth-order valence-electron chi connectivity index (χ4n) is 2.00. The molecule has 0 spiro atoms. The lowest BCUT2D eigenvalue weighted by Gasteiger charge is -2.25. The number of carbonyl (C=O) groups is 4. The quantitative estimate of drug-likeness (QED) is 0.256. The highest BCUT2D eigenvalue weighted by atomic mass is 16.6. The van der Waals surface area contributed by atoms with Gasteiger partial charge in [-0.3, -0.25) is 4.79 Å². The molecule has 0 heterocycles. The van der Waals surface area contributed by atoms with E-state index in [2.05, 4.69) is 10.6 Å². The lowest BCUT2D eigenvalue weighted by atomic mass is 10.1. The summed E-state index contributed by atoms with van der Waals surface area (Å²) in [5, 5.41) is 22.3. The van der Waals surface area contributed by atoms with E-state index in [0.717, 1.165) is 0 Å². The van der Waals surface area contributed by atoms with E-state index in [-0.39, 0.29) is 12.8 Å². The van der Waals surface area contributed by atoms with Gasteiger partial charge in [0.2, 0.25) is 0 Å². The highest BCUT2D eigenvalue weighted by Gasteiger charge is 2.28. The molecule has 2 amide bonds. The van der Waals surface area contributed by atoms with Gasteiger partial charge in [0.15, 0.2) is 0 Å². The normalized spacial score (nSPS) is 13.4. The molecule has 0 saturated carbocycles. The van der Waals surface area contributed by atoms with Gasteiger partial charge < -0.3 is 31.3 Å². The van der Waals surface area contributed by atoms with Crippen LogP contribution in [0, 0.1) is 0 Å². The molecular formula is C16H29N3O7. The number of hydrogen-bond acceptors (Lipinski definition) is 6. The van der Waals surface area contributed by atoms with Gasteiger partial charge in [-0.25, -0.2) is 14.4 Å². The first kappa shape index (κ1) is 23.6. The Morgan fingerprint density at radius 2 is 1.58 bits per heavy atom. The second-order valence-electron chi connectivity index (χ2n) is 6.81. The number of unbranched alkanes of at least 4 members (excludes halogenated alkanes) is 1. The minimum atomic E-state index is -1.38. The van der Waals surface area contributed by atoms with Crippen LogP contribution in [0.5, 0.6) is 0 Å². The lowest BCUT2D eigenvalue weighted by Crippen LogP contribution is -2.52. The molecule has 0 bridgehead atoms. The number of aliphatic carboxylic acids is 2. The van der Waals surface area contributed by atoms with E-state index in [9.17, 15) is 19.2 Å². The maximum absolute atomic E-state index is 12.2. The summed E-state index contributed by atoms with van der Waals surface area (Å²) in [6.07, 6.45) is 0.818. The van der Waals surface area contributed by atoms with Gasteiger partial charge in [0.25, 0.3) is 0 Å². The van der Waals surface area contributed by atoms with Crippen molar-refractivity contribution in [1.29, 1.82) is 0 Å². The van der Waals surface area contributed by atoms with Gasteiger partial charge in [-0.2, -0.15) is 0 Å². The monoisotopic (exact) mass is 375 g/mol. The number of ether oxygens (including phenoxy) is 1. The number of hydrogen-bond donors (Lipinski definition) is 5. The second kappa shape index (κ2) is 11.3. The van der Waals surface area contributed by atoms with Crippen LogP contribution in [0.15, 0.2) is 0 Å². The average Bonchev–Trinajstić information content (AvgIpc) is 2.48. The molecule has 0 aliphatic carbocycles. The molecule has 0 aliphatic rings. The Kier molecular flexibility index (Phi) is 10.3. The van der Waals surface area contributed by atoms with Crippen molar-refractivity contribution >= 4 is 23.9 Å². The number of rotatable bonds is 11. The second-order valence-corrected chi connectivity index (χ2v) is 6.81. The molecule has 0 radical (unpaired) electrons. The van der Waals surface area contributed by atoms with Gasteiger partial charge in [0.1, 0.15) is 17.7 Å². The van der Waals surface area contributed by atoms with Crippen molar-refractivity contribution in [2.24, 2.45) is 5.73 Å². The van der Waals surface area contributed by atoms with Crippen molar-refractivity contribution in [2.75, 3.05) is 6.54 Å². The van der Waals surface area contributed by atoms with Crippen LogP contribution in [0.3, 0.4) is 0 Å². The number of carboxylic acid groups (broad SMARTS) is 2. The molecule has 10 nitrogen and oxygen atoms in total. The van der Waals surface area contributed by atoms with E-state index >= 15 is 0 Å². The molecule has 0 aromatic heterocycles. The van der Waals surface area contributed by atoms with Crippen LogP contribution in [0.4, 0.5) is 4.79 Å². The number of esters is 1. The third-order valence-corrected chi connectivity index (χ3v) is 3.19. The molecule has 10 heteroatoms. The van der Waals surface area contributed by atoms with Crippen molar-refractivity contribution in [3.63, 3.8) is 0 Å². The van der Waals surface area contributed by atoms with Crippen molar-refractivity contribution in [3.05, 3.63) is 0 Å². The van der Waals surface area contributed by atoms with Crippen molar-refractivity contribution in [3.8, 4) is 0 Å². The lowest BCUT2D eigenvalue weighted by molar-refractivity contribution is -0.157. The molecule has 0 unspecified atom stereocenters. The van der Waals surface area contributed by atoms with Crippen LogP contribution in [-0.2, 0) is 19.1 Å². The van der Waals surface area contributed by atoms with E-state index in [1.807, 2.05) is 0 Å². The van der Waals surface area contributed by atoms with E-state index in [1.54, 1.807) is 20.8 Å². The summed E-state index contributed by atoms with van der Waals surface area (Å²) in [6, 6.07) is -3.23. The number of carboxylic acids is 2. The Morgan fingerprint density at radius 1 is 1.00 bits per heavy atom. The highest BCUT2D eigenvalue weighted by molar-refractivity contribution is 5.86. The molecule has 0 rings (SSSR count). The standard InChI is InChI=1S/C16H29N3O7/c1-16(2,3)26-14(24)11(6-4-5-9-17)19-15(25)18-10(13(22)23)7-8-12(20)21/h10-11H,4-9,17H2,1-3H3,(H,20,21)(H,22,23)(H2,18,19,25)/t10-,11-/m0/s1. The topological polar surface area (TPSA) is 168 Å². The highest BCUT2D eigenvalue weighted by Crippen LogP contribution is 2.11. The Bertz CT molecular complexity index is 503. The first-order chi connectivity index (χ1) is 12.0. The average molecular weight is 375 g/mol. The van der Waals surface area contributed by atoms with E-state index < -0.39 is 48.0 Å². The fourth-order valence-corrected chi connectivity index (χ4v) is 2.00. The van der Waals surface area contributed by atoms with Crippen molar-refractivity contribution in [1.82, 2.24) is 10.6 Å². The zero-order valence-electron chi connectivity index (χ0n) is 15.4. The third kappa shape index (κ3) is 11.2. The summed E-state index contributed by atoms with van der Waals surface area (Å²) in [4.78, 5) is 46.0. The minimum Gasteiger partial charge on any atom is -0.481 e. The van der Waals surface area contributed by atoms with Gasteiger partial charge in [-0.05, 0) is 53.0 Å². The molecule has 0 saturated heterocycles. The molecule has 0 fully saturated rings. The Morgan fingerprint density at radius 3 is 2.04 bits per heavy atom. The van der Waals surface area contributed by atoms with Crippen LogP contribution in [0.2, 0.25) is 0 Å². The molecular weight excluding hydrogens is 346 g/mol. The minimum absolute atomic E-state index is 0.275. The van der Waals surface area contributed by atoms with Crippen molar-refractivity contribution < 1.29 is 34.1 Å². The summed E-state index contributed by atoms with van der Waals surface area (Å²) in [6.45, 7) is 5.50. The number of nitrogens with two attached hydrogens (primary N) is 1. The van der Waals surface area contributed by atoms with Crippen LogP contribution in [0.1, 0.15) is 52.9 Å². The smallest absolute Gasteiger partial charge is 0.329 e. The summed E-state index contributed by atoms with van der Waals surface area (Å²) in [5.74, 6) is -3.17. The number of urea groups is 1. The van der Waals surface area contributed by atoms with Gasteiger partial charge in [-0.1, -0.05) is 0 Å². The summed E-state index contributed by atoms with van der Waals surface area (Å²) < 4.78 is 5.26. The maximum atomic E-state index is 12.2. The summed E-state index contributed by atoms with van der Waals surface area (Å²) >= 11 is 0. The Balaban J connectivity index is 4.88. The molecule has 0 aliphatic heterocycles. The molecule has 0 aromatic carbocycles. The zero-order chi connectivity index (χ0) is 20.3. The van der Waals surface area contributed by atoms with Gasteiger partial charge in [0.05, 0.1) is 0 Å². The van der Waals surface area contributed by atoms with E-state index in [0.29, 0.717) is 19.4 Å². The molecule has 0 aromatic rings. The predicted molar refractivity (Wildman–Crippen MR) is 92.5 cm³/mol. The third-order valence-electron chi connectivity index (χ3n) is 3.19. The number of carbonyl (C=O) groups excluding carboxylic acids is 2. The Labute approximate surface area is 152 Å². The van der Waals surface area contributed by atoms with Crippen molar-refractivity contribution in [2.45, 2.75) is 70.6 Å². The summed E-state index contributed by atoms with van der Waals surface area (Å²) in [7, 11) is 0. The molecule has 2 atom stereocenters. The molecule has 150 valence electrons. The largest absolute Gasteiger partial charge is 0.481 e. The first-order valence-electron chi connectivity index (χ1n) is 8.40. The van der Waals surface area contributed by atoms with Crippen LogP contribution in [-0.4, -0.2) is 58.4 Å². The van der Waals surface area contributed by atoms with E-state index in [1.165, 1.54) is 0 Å². The van der Waals surface area contributed by atoms with Gasteiger partial charge in [-0.15, -0.1) is 0 Å². The van der Waals surface area contributed by atoms with Crippen LogP contribution >= 0.6 is 0 Å². The maximum Gasteiger partial charge on any atom is 0.329 e. The van der Waals surface area contributed by atoms with Crippen LogP contribution < -0.4 is 16.4 Å². The van der Waals surface area contributed by atoms with Gasteiger partial charge >= 0.3 is 23.9 Å². The Hall–Kier alpha value is -2.36. The van der Waals surface area contributed by atoms with Gasteiger partial charge in [0, 0.05) is 6.42 Å². The fraction of sp³-hybridized carbons (Fsp3) is 0.750. The summed E-state index contributed by atoms with van der Waals surface area (Å²) in [5.41, 5.74) is 4.68. The first-order valence-corrected chi connectivity index (χ1v) is 8.40. The molecule has 26 heavy (non-hydrogen) atoms. The SMILES string of the molecule is CC(C)(C)OC(=O)[C@H](CCCCN)NC(=O)N[C@@H](CCC(=O)O)C(=O)O. The van der Waals surface area contributed by atoms with Crippen LogP contribution in [0.25, 0.3) is 0 Å².